The summed E-state index contributed by atoms with van der Waals surface area (Å²) in [6, 6.07) is 13.5. The molecule has 0 fully saturated rings. The largest absolute Gasteiger partial charge is 0.398 e. The second-order valence-electron chi connectivity index (χ2n) is 8.48. The normalized spacial score (nSPS) is 10.8. The summed E-state index contributed by atoms with van der Waals surface area (Å²) < 4.78 is 31.9. The average Bonchev–Trinajstić information content (AvgIpc) is 2.89. The zero-order chi connectivity index (χ0) is 27.4. The van der Waals surface area contributed by atoms with Crippen LogP contribution in [0.4, 0.5) is 14.5 Å². The van der Waals surface area contributed by atoms with Gasteiger partial charge in [-0.05, 0) is 42.5 Å². The molecular weight excluding hydrogens is 516 g/mol. The predicted molar refractivity (Wildman–Crippen MR) is 141 cm³/mol. The van der Waals surface area contributed by atoms with E-state index >= 15 is 0 Å². The molecule has 0 unspecified atom stereocenters. The number of benzene rings is 2. The Morgan fingerprint density at radius 3 is 2.26 bits per heavy atom. The molecule has 0 saturated heterocycles. The minimum Gasteiger partial charge on any atom is -0.398 e. The van der Waals surface area contributed by atoms with Crippen molar-refractivity contribution >= 4 is 28.9 Å². The van der Waals surface area contributed by atoms with Crippen molar-refractivity contribution in [2.45, 2.75) is 13.1 Å². The summed E-state index contributed by atoms with van der Waals surface area (Å²) in [5.74, 6) is -2.09. The lowest BCUT2D eigenvalue weighted by Crippen LogP contribution is -2.31. The molecule has 8 nitrogen and oxygen atoms in total. The van der Waals surface area contributed by atoms with Gasteiger partial charge in [-0.3, -0.25) is 14.4 Å². The Morgan fingerprint density at radius 2 is 1.58 bits per heavy atom. The van der Waals surface area contributed by atoms with Crippen LogP contribution in [0, 0.1) is 17.0 Å². The summed E-state index contributed by atoms with van der Waals surface area (Å²) in [6.45, 7) is -0.647. The van der Waals surface area contributed by atoms with E-state index in [1.165, 1.54) is 35.2 Å². The predicted octanol–water partition coefficient (Wildman–Crippen LogP) is 3.42. The van der Waals surface area contributed by atoms with E-state index in [0.29, 0.717) is 16.3 Å². The molecule has 0 aliphatic heterocycles. The standard InChI is InChI=1S/C27H22ClF2N5O3/c28-19-5-6-23(31)20(11-19)24(32)12-33-27(38)16-4-7-26(37)35(13-16)15-18-10-21(29)17(9-22(18)30)14-34-8-2-1-3-25(34)36/h1-11,13,32H,12,14-15,31H2,(H,33,38). The van der Waals surface area contributed by atoms with Gasteiger partial charge in [-0.15, -0.1) is 0 Å². The molecule has 0 saturated carbocycles. The third-order valence-corrected chi connectivity index (χ3v) is 6.04. The summed E-state index contributed by atoms with van der Waals surface area (Å²) in [7, 11) is 0. The van der Waals surface area contributed by atoms with Gasteiger partial charge in [0.1, 0.15) is 11.6 Å². The van der Waals surface area contributed by atoms with Crippen molar-refractivity contribution in [3.63, 3.8) is 0 Å². The minimum atomic E-state index is -0.764. The first kappa shape index (κ1) is 26.5. The number of hydrogen-bond donors (Lipinski definition) is 3. The molecule has 0 aliphatic rings. The Labute approximate surface area is 220 Å². The Hall–Kier alpha value is -4.57. The van der Waals surface area contributed by atoms with Crippen LogP contribution >= 0.6 is 11.6 Å². The van der Waals surface area contributed by atoms with Gasteiger partial charge in [-0.1, -0.05) is 17.7 Å². The van der Waals surface area contributed by atoms with Gasteiger partial charge in [-0.2, -0.15) is 0 Å². The summed E-state index contributed by atoms with van der Waals surface area (Å²) in [5, 5.41) is 11.1. The molecule has 0 bridgehead atoms. The molecule has 4 aromatic rings. The van der Waals surface area contributed by atoms with Crippen molar-refractivity contribution in [3.05, 3.63) is 133 Å². The van der Waals surface area contributed by atoms with Gasteiger partial charge >= 0.3 is 0 Å². The highest BCUT2D eigenvalue weighted by molar-refractivity contribution is 6.31. The van der Waals surface area contributed by atoms with Crippen molar-refractivity contribution < 1.29 is 13.6 Å². The van der Waals surface area contributed by atoms with Crippen LogP contribution in [0.15, 0.2) is 82.6 Å². The van der Waals surface area contributed by atoms with E-state index in [0.717, 1.165) is 22.8 Å². The van der Waals surface area contributed by atoms with Gasteiger partial charge in [-0.25, -0.2) is 8.78 Å². The smallest absolute Gasteiger partial charge is 0.253 e. The summed E-state index contributed by atoms with van der Waals surface area (Å²) in [6.07, 6.45) is 2.69. The van der Waals surface area contributed by atoms with Crippen LogP contribution in [-0.2, 0) is 13.1 Å². The number of carbonyl (C=O) groups is 1. The molecule has 38 heavy (non-hydrogen) atoms. The monoisotopic (exact) mass is 537 g/mol. The molecular formula is C27H22ClF2N5O3. The molecule has 4 N–H and O–H groups in total. The minimum absolute atomic E-state index is 0.0252. The number of halogens is 3. The molecule has 4 rings (SSSR count). The molecule has 1 amide bonds. The lowest BCUT2D eigenvalue weighted by molar-refractivity contribution is 0.0958. The Morgan fingerprint density at radius 1 is 0.921 bits per heavy atom. The van der Waals surface area contributed by atoms with Gasteiger partial charge in [0.05, 0.1) is 30.9 Å². The SMILES string of the molecule is N=C(CNC(=O)c1ccc(=O)n(Cc2cc(F)c(Cn3ccccc3=O)cc2F)c1)c1cc(Cl)ccc1N. The van der Waals surface area contributed by atoms with Crippen LogP contribution in [0.25, 0.3) is 0 Å². The van der Waals surface area contributed by atoms with Crippen molar-refractivity contribution in [1.29, 1.82) is 5.41 Å². The number of aromatic nitrogens is 2. The van der Waals surface area contributed by atoms with E-state index in [-0.39, 0.29) is 47.6 Å². The number of amides is 1. The number of nitrogens with zero attached hydrogens (tertiary/aromatic N) is 2. The Kier molecular flexibility index (Phi) is 7.82. The molecule has 0 radical (unpaired) electrons. The third-order valence-electron chi connectivity index (χ3n) is 5.81. The Balaban J connectivity index is 1.49. The summed E-state index contributed by atoms with van der Waals surface area (Å²) >= 11 is 5.95. The van der Waals surface area contributed by atoms with Crippen molar-refractivity contribution in [3.8, 4) is 0 Å². The van der Waals surface area contributed by atoms with Gasteiger partial charge in [0.15, 0.2) is 0 Å². The van der Waals surface area contributed by atoms with Gasteiger partial charge in [0.25, 0.3) is 17.0 Å². The highest BCUT2D eigenvalue weighted by atomic mass is 35.5. The summed E-state index contributed by atoms with van der Waals surface area (Å²) in [4.78, 5) is 36.9. The molecule has 0 atom stereocenters. The Bertz CT molecular complexity index is 1670. The van der Waals surface area contributed by atoms with Crippen LogP contribution in [0.2, 0.25) is 5.02 Å². The first-order chi connectivity index (χ1) is 18.1. The molecule has 194 valence electrons. The van der Waals surface area contributed by atoms with Crippen molar-refractivity contribution in [2.75, 3.05) is 12.3 Å². The number of pyridine rings is 2. The number of anilines is 1. The second-order valence-corrected chi connectivity index (χ2v) is 8.91. The van der Waals surface area contributed by atoms with E-state index in [2.05, 4.69) is 5.32 Å². The molecule has 11 heteroatoms. The van der Waals surface area contributed by atoms with Crippen LogP contribution < -0.4 is 22.2 Å². The zero-order valence-corrected chi connectivity index (χ0v) is 20.6. The first-order valence-electron chi connectivity index (χ1n) is 11.4. The van der Waals surface area contributed by atoms with Crippen LogP contribution in [0.5, 0.6) is 0 Å². The molecule has 2 heterocycles. The first-order valence-corrected chi connectivity index (χ1v) is 11.7. The average molecular weight is 538 g/mol. The lowest BCUT2D eigenvalue weighted by Gasteiger charge is -2.13. The molecule has 0 spiro atoms. The number of nitrogens with two attached hydrogens (primary N) is 1. The number of rotatable bonds is 8. The highest BCUT2D eigenvalue weighted by Gasteiger charge is 2.15. The fraction of sp³-hybridized carbons (Fsp3) is 0.111. The number of hydrogen-bond acceptors (Lipinski definition) is 5. The zero-order valence-electron chi connectivity index (χ0n) is 19.9. The fourth-order valence-corrected chi connectivity index (χ4v) is 3.95. The van der Waals surface area contributed by atoms with Crippen LogP contribution in [0.1, 0.15) is 27.0 Å². The topological polar surface area (TPSA) is 123 Å². The van der Waals surface area contributed by atoms with E-state index in [9.17, 15) is 23.2 Å². The van der Waals surface area contributed by atoms with E-state index < -0.39 is 23.1 Å². The van der Waals surface area contributed by atoms with Crippen molar-refractivity contribution in [1.82, 2.24) is 14.5 Å². The molecule has 2 aromatic heterocycles. The molecule has 2 aromatic carbocycles. The van der Waals surface area contributed by atoms with Gasteiger partial charge in [0, 0.05) is 51.9 Å². The maximum absolute atomic E-state index is 14.8. The quantitative estimate of drug-likeness (QED) is 0.235. The second kappa shape index (κ2) is 11.2. The maximum atomic E-state index is 14.8. The fourth-order valence-electron chi connectivity index (χ4n) is 3.77. The number of nitrogens with one attached hydrogen (secondary N) is 2. The highest BCUT2D eigenvalue weighted by Crippen LogP contribution is 2.19. The van der Waals surface area contributed by atoms with Gasteiger partial charge < -0.3 is 25.6 Å². The van der Waals surface area contributed by atoms with Gasteiger partial charge in [0.2, 0.25) is 0 Å². The summed E-state index contributed by atoms with van der Waals surface area (Å²) in [5.41, 5.74) is 5.67. The van der Waals surface area contributed by atoms with E-state index in [1.807, 2.05) is 0 Å². The lowest BCUT2D eigenvalue weighted by atomic mass is 10.1. The van der Waals surface area contributed by atoms with E-state index in [4.69, 9.17) is 22.7 Å². The van der Waals surface area contributed by atoms with Crippen LogP contribution in [0.3, 0.4) is 0 Å². The third kappa shape index (κ3) is 6.04. The number of nitrogen functional groups attached to an aromatic ring is 1. The maximum Gasteiger partial charge on any atom is 0.253 e. The van der Waals surface area contributed by atoms with E-state index in [1.54, 1.807) is 24.3 Å². The van der Waals surface area contributed by atoms with Crippen molar-refractivity contribution in [2.24, 2.45) is 0 Å². The number of carbonyl (C=O) groups excluding carboxylic acids is 1. The molecule has 0 aliphatic carbocycles. The van der Waals surface area contributed by atoms with Crippen LogP contribution in [-0.4, -0.2) is 27.3 Å².